The molecule has 0 aromatic rings. The number of rotatable bonds is 0. The van der Waals surface area contributed by atoms with Crippen LogP contribution >= 0.6 is 0 Å². The van der Waals surface area contributed by atoms with E-state index in [1.54, 1.807) is 13.8 Å². The fourth-order valence-corrected chi connectivity index (χ4v) is 1.85. The van der Waals surface area contributed by atoms with E-state index < -0.39 is 12.3 Å². The molecule has 11 heavy (non-hydrogen) atoms. The van der Waals surface area contributed by atoms with Gasteiger partial charge in [-0.25, -0.2) is 8.78 Å². The van der Waals surface area contributed by atoms with Gasteiger partial charge in [-0.05, 0) is 24.2 Å². The lowest BCUT2D eigenvalue weighted by Gasteiger charge is -2.35. The molecule has 1 rings (SSSR count). The van der Waals surface area contributed by atoms with Crippen molar-refractivity contribution in [2.24, 2.45) is 17.8 Å². The summed E-state index contributed by atoms with van der Waals surface area (Å²) in [5.41, 5.74) is 0. The van der Waals surface area contributed by atoms with Crippen molar-refractivity contribution in [3.63, 3.8) is 0 Å². The zero-order chi connectivity index (χ0) is 8.59. The Bertz CT molecular complexity index is 122. The largest absolute Gasteiger partial charge is 0.244 e. The first kappa shape index (κ1) is 8.95. The highest BCUT2D eigenvalue weighted by molar-refractivity contribution is 4.87. The Morgan fingerprint density at radius 3 is 2.00 bits per heavy atom. The third-order valence-corrected chi connectivity index (χ3v) is 2.99. The molecule has 1 saturated carbocycles. The second-order valence-corrected chi connectivity index (χ2v) is 3.94. The molecule has 5 unspecified atom stereocenters. The van der Waals surface area contributed by atoms with Gasteiger partial charge in [0.1, 0.15) is 12.3 Å². The van der Waals surface area contributed by atoms with Crippen molar-refractivity contribution < 1.29 is 8.78 Å². The molecule has 0 heterocycles. The third-order valence-electron chi connectivity index (χ3n) is 2.99. The molecule has 0 N–H and O–H groups in total. The van der Waals surface area contributed by atoms with Crippen LogP contribution in [0.4, 0.5) is 8.78 Å². The number of halogens is 2. The molecule has 0 nitrogen and oxygen atoms in total. The molecule has 66 valence electrons. The van der Waals surface area contributed by atoms with Gasteiger partial charge in [-0.3, -0.25) is 0 Å². The van der Waals surface area contributed by atoms with Crippen molar-refractivity contribution in [3.05, 3.63) is 0 Å². The van der Waals surface area contributed by atoms with Gasteiger partial charge in [-0.2, -0.15) is 0 Å². The Kier molecular flexibility index (Phi) is 2.50. The van der Waals surface area contributed by atoms with Gasteiger partial charge in [0, 0.05) is 0 Å². The Morgan fingerprint density at radius 2 is 1.45 bits per heavy atom. The molecule has 5 atom stereocenters. The summed E-state index contributed by atoms with van der Waals surface area (Å²) in [6.45, 7) is 5.59. The summed E-state index contributed by atoms with van der Waals surface area (Å²) in [5, 5.41) is 0. The molecule has 1 fully saturated rings. The predicted molar refractivity (Wildman–Crippen MR) is 41.9 cm³/mol. The maximum Gasteiger partial charge on any atom is 0.134 e. The normalized spacial score (nSPS) is 52.6. The first-order chi connectivity index (χ1) is 5.04. The van der Waals surface area contributed by atoms with E-state index in [4.69, 9.17) is 0 Å². The highest BCUT2D eigenvalue weighted by Crippen LogP contribution is 2.36. The topological polar surface area (TPSA) is 0 Å². The number of alkyl halides is 2. The van der Waals surface area contributed by atoms with Gasteiger partial charge in [0.15, 0.2) is 0 Å². The quantitative estimate of drug-likeness (QED) is 0.513. The SMILES string of the molecule is CC1CC(C)C(F)C(F)C1C. The van der Waals surface area contributed by atoms with Crippen molar-refractivity contribution in [2.45, 2.75) is 39.5 Å². The van der Waals surface area contributed by atoms with E-state index in [0.717, 1.165) is 6.42 Å². The summed E-state index contributed by atoms with van der Waals surface area (Å²) in [5.74, 6) is 0.115. The fourth-order valence-electron chi connectivity index (χ4n) is 1.85. The van der Waals surface area contributed by atoms with E-state index in [-0.39, 0.29) is 11.8 Å². The van der Waals surface area contributed by atoms with E-state index in [1.165, 1.54) is 0 Å². The van der Waals surface area contributed by atoms with Gasteiger partial charge in [-0.15, -0.1) is 0 Å². The van der Waals surface area contributed by atoms with Crippen molar-refractivity contribution in [3.8, 4) is 0 Å². The van der Waals surface area contributed by atoms with Gasteiger partial charge in [0.25, 0.3) is 0 Å². The maximum absolute atomic E-state index is 13.1. The monoisotopic (exact) mass is 162 g/mol. The number of hydrogen-bond donors (Lipinski definition) is 0. The second kappa shape index (κ2) is 3.08. The molecule has 0 aromatic heterocycles. The molecule has 1 aliphatic carbocycles. The van der Waals surface area contributed by atoms with Crippen molar-refractivity contribution in [1.29, 1.82) is 0 Å². The molecule has 0 bridgehead atoms. The van der Waals surface area contributed by atoms with Crippen molar-refractivity contribution >= 4 is 0 Å². The van der Waals surface area contributed by atoms with Crippen LogP contribution < -0.4 is 0 Å². The molecule has 0 aliphatic heterocycles. The minimum Gasteiger partial charge on any atom is -0.244 e. The zero-order valence-corrected chi connectivity index (χ0v) is 7.35. The van der Waals surface area contributed by atoms with Gasteiger partial charge >= 0.3 is 0 Å². The summed E-state index contributed by atoms with van der Waals surface area (Å²) in [6.07, 6.45) is -1.65. The first-order valence-electron chi connectivity index (χ1n) is 4.32. The Balaban J connectivity index is 2.63. The Labute approximate surface area is 67.0 Å². The Morgan fingerprint density at radius 1 is 0.909 bits per heavy atom. The minimum atomic E-state index is -1.24. The molecule has 1 aliphatic rings. The zero-order valence-electron chi connectivity index (χ0n) is 7.35. The molecular weight excluding hydrogens is 146 g/mol. The first-order valence-corrected chi connectivity index (χ1v) is 4.32. The average Bonchev–Trinajstić information content (AvgIpc) is 1.97. The van der Waals surface area contributed by atoms with E-state index in [2.05, 4.69) is 0 Å². The lowest BCUT2D eigenvalue weighted by molar-refractivity contribution is 0.00665. The average molecular weight is 162 g/mol. The van der Waals surface area contributed by atoms with Crippen molar-refractivity contribution in [2.75, 3.05) is 0 Å². The van der Waals surface area contributed by atoms with Crippen molar-refractivity contribution in [1.82, 2.24) is 0 Å². The summed E-state index contributed by atoms with van der Waals surface area (Å²) in [6, 6.07) is 0. The fraction of sp³-hybridized carbons (Fsp3) is 1.00. The van der Waals surface area contributed by atoms with Gasteiger partial charge in [0.05, 0.1) is 0 Å². The molecule has 0 radical (unpaired) electrons. The maximum atomic E-state index is 13.1. The van der Waals surface area contributed by atoms with Gasteiger partial charge in [-0.1, -0.05) is 20.8 Å². The molecular formula is C9H16F2. The van der Waals surface area contributed by atoms with Gasteiger partial charge < -0.3 is 0 Å². The summed E-state index contributed by atoms with van der Waals surface area (Å²) in [4.78, 5) is 0. The summed E-state index contributed by atoms with van der Waals surface area (Å²) >= 11 is 0. The second-order valence-electron chi connectivity index (χ2n) is 3.94. The molecule has 0 saturated heterocycles. The van der Waals surface area contributed by atoms with Crippen LogP contribution in [0.3, 0.4) is 0 Å². The van der Waals surface area contributed by atoms with E-state index in [9.17, 15) is 8.78 Å². The predicted octanol–water partition coefficient (Wildman–Crippen LogP) is 2.97. The van der Waals surface area contributed by atoms with Crippen LogP contribution in [0.15, 0.2) is 0 Å². The highest BCUT2D eigenvalue weighted by atomic mass is 19.2. The molecule has 0 aromatic carbocycles. The van der Waals surface area contributed by atoms with E-state index in [1.807, 2.05) is 6.92 Å². The summed E-state index contributed by atoms with van der Waals surface area (Å²) < 4.78 is 26.1. The van der Waals surface area contributed by atoms with Crippen LogP contribution in [0, 0.1) is 17.8 Å². The van der Waals surface area contributed by atoms with Crippen LogP contribution in [-0.2, 0) is 0 Å². The van der Waals surface area contributed by atoms with Crippen LogP contribution in [0.1, 0.15) is 27.2 Å². The number of hydrogen-bond acceptors (Lipinski definition) is 0. The molecule has 2 heteroatoms. The molecule has 0 spiro atoms. The van der Waals surface area contributed by atoms with Crippen LogP contribution in [-0.4, -0.2) is 12.3 Å². The van der Waals surface area contributed by atoms with Crippen LogP contribution in [0.25, 0.3) is 0 Å². The standard InChI is InChI=1S/C9H16F2/c1-5-4-6(2)8(10)9(11)7(5)3/h5-9H,4H2,1-3H3. The van der Waals surface area contributed by atoms with Gasteiger partial charge in [0.2, 0.25) is 0 Å². The minimum absolute atomic E-state index is 0.101. The highest BCUT2D eigenvalue weighted by Gasteiger charge is 2.39. The molecule has 0 amide bonds. The van der Waals surface area contributed by atoms with Crippen LogP contribution in [0.5, 0.6) is 0 Å². The van der Waals surface area contributed by atoms with E-state index in [0.29, 0.717) is 5.92 Å². The smallest absolute Gasteiger partial charge is 0.134 e. The lowest BCUT2D eigenvalue weighted by atomic mass is 9.74. The Hall–Kier alpha value is -0.140. The lowest BCUT2D eigenvalue weighted by Crippen LogP contribution is -2.39. The van der Waals surface area contributed by atoms with Crippen LogP contribution in [0.2, 0.25) is 0 Å². The third kappa shape index (κ3) is 1.54. The van der Waals surface area contributed by atoms with E-state index >= 15 is 0 Å². The summed E-state index contributed by atoms with van der Waals surface area (Å²) in [7, 11) is 0.